The molecule has 1 aliphatic rings. The molecule has 108 valence electrons. The molecule has 1 aromatic rings. The van der Waals surface area contributed by atoms with Crippen LogP contribution in [0.1, 0.15) is 61.5 Å². The van der Waals surface area contributed by atoms with Crippen LogP contribution in [0.3, 0.4) is 0 Å². The van der Waals surface area contributed by atoms with Gasteiger partial charge in [0, 0.05) is 17.5 Å². The van der Waals surface area contributed by atoms with Crippen molar-refractivity contribution in [3.8, 4) is 0 Å². The molecule has 2 heterocycles. The second-order valence-corrected chi connectivity index (χ2v) is 7.08. The van der Waals surface area contributed by atoms with Crippen molar-refractivity contribution in [2.24, 2.45) is 0 Å². The Labute approximate surface area is 121 Å². The van der Waals surface area contributed by atoms with Crippen molar-refractivity contribution < 1.29 is 0 Å². The maximum Gasteiger partial charge on any atom is 0.107 e. The lowest BCUT2D eigenvalue weighted by Gasteiger charge is -2.32. The minimum atomic E-state index is 0.520. The van der Waals surface area contributed by atoms with Gasteiger partial charge in [-0.2, -0.15) is 0 Å². The minimum Gasteiger partial charge on any atom is -0.315 e. The van der Waals surface area contributed by atoms with E-state index in [0.29, 0.717) is 12.0 Å². The van der Waals surface area contributed by atoms with Gasteiger partial charge in [-0.05, 0) is 39.3 Å². The predicted octanol–water partition coefficient (Wildman–Crippen LogP) is 3.36. The molecule has 2 rings (SSSR count). The Hall–Kier alpha value is -0.450. The molecule has 1 atom stereocenters. The molecule has 3 nitrogen and oxygen atoms in total. The van der Waals surface area contributed by atoms with E-state index in [0.717, 1.165) is 13.1 Å². The first-order chi connectivity index (χ1) is 9.11. The summed E-state index contributed by atoms with van der Waals surface area (Å²) in [4.78, 5) is 8.90. The van der Waals surface area contributed by atoms with Gasteiger partial charge in [0.1, 0.15) is 5.01 Å². The number of piperidine rings is 1. The van der Waals surface area contributed by atoms with Crippen molar-refractivity contribution in [3.05, 3.63) is 15.6 Å². The van der Waals surface area contributed by atoms with Crippen LogP contribution in [0.25, 0.3) is 0 Å². The van der Waals surface area contributed by atoms with E-state index in [-0.39, 0.29) is 0 Å². The monoisotopic (exact) mass is 281 g/mol. The van der Waals surface area contributed by atoms with Crippen LogP contribution in [-0.2, 0) is 13.1 Å². The lowest BCUT2D eigenvalue weighted by molar-refractivity contribution is 0.152. The third-order valence-electron chi connectivity index (χ3n) is 3.93. The molecule has 1 aliphatic heterocycles. The van der Waals surface area contributed by atoms with Crippen molar-refractivity contribution in [1.29, 1.82) is 0 Å². The number of hydrogen-bond acceptors (Lipinski definition) is 4. The zero-order chi connectivity index (χ0) is 13.8. The molecule has 0 saturated carbocycles. The Morgan fingerprint density at radius 3 is 2.84 bits per heavy atom. The normalized spacial score (nSPS) is 21.2. The lowest BCUT2D eigenvalue weighted by Crippen LogP contribution is -2.36. The van der Waals surface area contributed by atoms with Crippen molar-refractivity contribution in [2.75, 3.05) is 13.6 Å². The molecule has 0 aliphatic carbocycles. The largest absolute Gasteiger partial charge is 0.315 e. The minimum absolute atomic E-state index is 0.520. The van der Waals surface area contributed by atoms with Crippen LogP contribution in [0.15, 0.2) is 0 Å². The van der Waals surface area contributed by atoms with Gasteiger partial charge in [0.25, 0.3) is 0 Å². The number of rotatable bonds is 5. The van der Waals surface area contributed by atoms with Gasteiger partial charge in [-0.15, -0.1) is 11.3 Å². The number of hydrogen-bond donors (Lipinski definition) is 1. The number of nitrogens with zero attached hydrogens (tertiary/aromatic N) is 2. The van der Waals surface area contributed by atoms with E-state index >= 15 is 0 Å². The molecule has 1 unspecified atom stereocenters. The van der Waals surface area contributed by atoms with E-state index in [9.17, 15) is 0 Å². The van der Waals surface area contributed by atoms with Gasteiger partial charge in [0.15, 0.2) is 0 Å². The first kappa shape index (κ1) is 14.9. The van der Waals surface area contributed by atoms with E-state index in [2.05, 4.69) is 31.0 Å². The van der Waals surface area contributed by atoms with Crippen molar-refractivity contribution in [1.82, 2.24) is 15.2 Å². The average Bonchev–Trinajstić information content (AvgIpc) is 2.76. The summed E-state index contributed by atoms with van der Waals surface area (Å²) in [5, 5.41) is 4.56. The van der Waals surface area contributed by atoms with Gasteiger partial charge in [-0.1, -0.05) is 20.3 Å². The van der Waals surface area contributed by atoms with E-state index in [1.165, 1.54) is 41.4 Å². The van der Waals surface area contributed by atoms with Crippen LogP contribution >= 0.6 is 11.3 Å². The zero-order valence-electron chi connectivity index (χ0n) is 12.7. The summed E-state index contributed by atoms with van der Waals surface area (Å²) in [6.45, 7) is 10.0. The summed E-state index contributed by atoms with van der Waals surface area (Å²) in [5.41, 5.74) is 1.29. The van der Waals surface area contributed by atoms with E-state index < -0.39 is 0 Å². The van der Waals surface area contributed by atoms with Crippen LogP contribution in [0.2, 0.25) is 0 Å². The maximum atomic E-state index is 4.89. The quantitative estimate of drug-likeness (QED) is 0.897. The highest BCUT2D eigenvalue weighted by molar-refractivity contribution is 7.11. The molecule has 1 N–H and O–H groups in total. The van der Waals surface area contributed by atoms with Crippen LogP contribution in [0, 0.1) is 0 Å². The Bertz CT molecular complexity index is 400. The SMILES string of the molecule is CNCc1sc(CN2CCCCC2C)nc1C(C)C. The summed E-state index contributed by atoms with van der Waals surface area (Å²) in [6.07, 6.45) is 4.07. The van der Waals surface area contributed by atoms with Gasteiger partial charge < -0.3 is 5.32 Å². The molecule has 1 saturated heterocycles. The standard InChI is InChI=1S/C15H27N3S/c1-11(2)15-13(9-16-4)19-14(17-15)10-18-8-6-5-7-12(18)3/h11-12,16H,5-10H2,1-4H3. The van der Waals surface area contributed by atoms with Crippen LogP contribution in [-0.4, -0.2) is 29.5 Å². The fraction of sp³-hybridized carbons (Fsp3) is 0.800. The summed E-state index contributed by atoms with van der Waals surface area (Å²) in [5.74, 6) is 0.520. The average molecular weight is 281 g/mol. The zero-order valence-corrected chi connectivity index (χ0v) is 13.5. The molecule has 0 radical (unpaired) electrons. The molecular formula is C15H27N3S. The number of aromatic nitrogens is 1. The van der Waals surface area contributed by atoms with Gasteiger partial charge >= 0.3 is 0 Å². The van der Waals surface area contributed by atoms with E-state index in [1.54, 1.807) is 0 Å². The summed E-state index contributed by atoms with van der Waals surface area (Å²) in [6, 6.07) is 0.716. The molecular weight excluding hydrogens is 254 g/mol. The van der Waals surface area contributed by atoms with Crippen LogP contribution in [0.4, 0.5) is 0 Å². The second kappa shape index (κ2) is 6.82. The summed E-state index contributed by atoms with van der Waals surface area (Å²) >= 11 is 1.89. The fourth-order valence-electron chi connectivity index (χ4n) is 2.79. The highest BCUT2D eigenvalue weighted by Crippen LogP contribution is 2.27. The molecule has 19 heavy (non-hydrogen) atoms. The van der Waals surface area contributed by atoms with Gasteiger partial charge in [-0.25, -0.2) is 4.98 Å². The topological polar surface area (TPSA) is 28.2 Å². The smallest absolute Gasteiger partial charge is 0.107 e. The fourth-order valence-corrected chi connectivity index (χ4v) is 4.05. The Kier molecular flexibility index (Phi) is 5.37. The number of nitrogens with one attached hydrogen (secondary N) is 1. The maximum absolute atomic E-state index is 4.89. The molecule has 4 heteroatoms. The molecule has 1 fully saturated rings. The van der Waals surface area contributed by atoms with Gasteiger partial charge in [-0.3, -0.25) is 4.90 Å². The summed E-state index contributed by atoms with van der Waals surface area (Å²) in [7, 11) is 2.01. The number of likely N-dealkylation sites (tertiary alicyclic amines) is 1. The highest BCUT2D eigenvalue weighted by Gasteiger charge is 2.21. The Morgan fingerprint density at radius 1 is 1.42 bits per heavy atom. The van der Waals surface area contributed by atoms with Crippen molar-refractivity contribution in [2.45, 2.75) is 65.1 Å². The second-order valence-electron chi connectivity index (χ2n) is 5.92. The third kappa shape index (κ3) is 3.77. The first-order valence-corrected chi connectivity index (χ1v) is 8.30. The Balaban J connectivity index is 2.09. The van der Waals surface area contributed by atoms with Crippen molar-refractivity contribution in [3.63, 3.8) is 0 Å². The Morgan fingerprint density at radius 2 is 2.21 bits per heavy atom. The first-order valence-electron chi connectivity index (χ1n) is 7.49. The molecule has 0 spiro atoms. The van der Waals surface area contributed by atoms with Crippen LogP contribution in [0.5, 0.6) is 0 Å². The van der Waals surface area contributed by atoms with Crippen molar-refractivity contribution >= 4 is 11.3 Å². The molecule has 1 aromatic heterocycles. The third-order valence-corrected chi connectivity index (χ3v) is 4.99. The van der Waals surface area contributed by atoms with Gasteiger partial charge in [0.2, 0.25) is 0 Å². The highest BCUT2D eigenvalue weighted by atomic mass is 32.1. The van der Waals surface area contributed by atoms with Crippen LogP contribution < -0.4 is 5.32 Å². The summed E-state index contributed by atoms with van der Waals surface area (Å²) < 4.78 is 0. The molecule has 0 amide bonds. The van der Waals surface area contributed by atoms with Gasteiger partial charge in [0.05, 0.1) is 12.2 Å². The number of thiazole rings is 1. The molecule has 0 aromatic carbocycles. The molecule has 0 bridgehead atoms. The van der Waals surface area contributed by atoms with E-state index in [4.69, 9.17) is 4.98 Å². The lowest BCUT2D eigenvalue weighted by atomic mass is 10.0. The van der Waals surface area contributed by atoms with E-state index in [1.807, 2.05) is 18.4 Å². The predicted molar refractivity (Wildman–Crippen MR) is 82.7 cm³/mol.